The molecule has 2 aliphatic rings. The van der Waals surface area contributed by atoms with Crippen molar-refractivity contribution in [3.63, 3.8) is 0 Å². The number of anilines is 3. The first-order chi connectivity index (χ1) is 14.6. The quantitative estimate of drug-likeness (QED) is 0.648. The predicted molar refractivity (Wildman–Crippen MR) is 121 cm³/mol. The van der Waals surface area contributed by atoms with Crippen LogP contribution in [-0.4, -0.2) is 35.6 Å². The van der Waals surface area contributed by atoms with E-state index in [0.29, 0.717) is 17.6 Å². The third-order valence-corrected chi connectivity index (χ3v) is 6.07. The molecule has 0 spiro atoms. The summed E-state index contributed by atoms with van der Waals surface area (Å²) in [5, 5.41) is 16.4. The number of hydrogen-bond donors (Lipinski definition) is 2. The second-order valence-electron chi connectivity index (χ2n) is 8.69. The van der Waals surface area contributed by atoms with Gasteiger partial charge in [-0.1, -0.05) is 19.4 Å². The van der Waals surface area contributed by atoms with Gasteiger partial charge in [-0.25, -0.2) is 4.98 Å². The maximum absolute atomic E-state index is 9.32. The van der Waals surface area contributed by atoms with Crippen LogP contribution in [0.4, 0.5) is 17.5 Å². The Bertz CT molecular complexity index is 914. The summed E-state index contributed by atoms with van der Waals surface area (Å²) in [7, 11) is 0. The molecule has 0 bridgehead atoms. The number of unbranched alkanes of at least 4 members (excludes halogenated alkanes) is 1. The molecule has 1 aliphatic heterocycles. The number of nitrogens with one attached hydrogen (secondary N) is 2. The summed E-state index contributed by atoms with van der Waals surface area (Å²) in [5.74, 6) is 2.52. The summed E-state index contributed by atoms with van der Waals surface area (Å²) < 4.78 is 0. The number of hydrogen-bond acceptors (Lipinski definition) is 6. The van der Waals surface area contributed by atoms with Crippen molar-refractivity contribution in [3.05, 3.63) is 41.1 Å². The van der Waals surface area contributed by atoms with E-state index in [1.807, 2.05) is 25.1 Å². The van der Waals surface area contributed by atoms with Gasteiger partial charge in [0.2, 0.25) is 5.95 Å². The van der Waals surface area contributed by atoms with E-state index in [-0.39, 0.29) is 0 Å². The van der Waals surface area contributed by atoms with Gasteiger partial charge < -0.3 is 15.5 Å². The average Bonchev–Trinajstić information content (AvgIpc) is 3.47. The first-order valence-electron chi connectivity index (χ1n) is 11.3. The SMILES string of the molecule is CCCCc1cc(N2CCC(NCC3CC3)C2)nc(Nc2ccc(C)c(C#N)c2)n1. The molecule has 0 amide bonds. The second kappa shape index (κ2) is 9.44. The van der Waals surface area contributed by atoms with Gasteiger partial charge in [-0.2, -0.15) is 10.2 Å². The lowest BCUT2D eigenvalue weighted by Gasteiger charge is -2.20. The van der Waals surface area contributed by atoms with Crippen LogP contribution < -0.4 is 15.5 Å². The van der Waals surface area contributed by atoms with Crippen LogP contribution in [0.2, 0.25) is 0 Å². The Morgan fingerprint density at radius 2 is 2.07 bits per heavy atom. The molecular formula is C24H32N6. The highest BCUT2D eigenvalue weighted by molar-refractivity contribution is 5.59. The lowest BCUT2D eigenvalue weighted by molar-refractivity contribution is 0.530. The van der Waals surface area contributed by atoms with Gasteiger partial charge in [0.15, 0.2) is 0 Å². The number of nitrogens with zero attached hydrogens (tertiary/aromatic N) is 4. The minimum atomic E-state index is 0.548. The van der Waals surface area contributed by atoms with Crippen LogP contribution in [-0.2, 0) is 6.42 Å². The van der Waals surface area contributed by atoms with Gasteiger partial charge in [-0.05, 0) is 69.2 Å². The molecule has 30 heavy (non-hydrogen) atoms. The molecule has 4 rings (SSSR count). The lowest BCUT2D eigenvalue weighted by atomic mass is 10.1. The van der Waals surface area contributed by atoms with Crippen molar-refractivity contribution >= 4 is 17.5 Å². The molecule has 1 saturated heterocycles. The Labute approximate surface area is 179 Å². The molecule has 1 aliphatic carbocycles. The standard InChI is InChI=1S/C24H32N6/c1-3-4-5-20-13-23(30-11-10-22(16-30)26-15-18-7-8-18)29-24(27-20)28-21-9-6-17(2)19(12-21)14-25/h6,9,12-13,18,22,26H,3-5,7-8,10-11,15-16H2,1-2H3,(H,27,28,29). The molecule has 1 aromatic carbocycles. The van der Waals surface area contributed by atoms with Gasteiger partial charge >= 0.3 is 0 Å². The average molecular weight is 405 g/mol. The van der Waals surface area contributed by atoms with Gasteiger partial charge in [0, 0.05) is 36.6 Å². The third kappa shape index (κ3) is 5.28. The van der Waals surface area contributed by atoms with Crippen molar-refractivity contribution in [1.29, 1.82) is 5.26 Å². The molecule has 0 radical (unpaired) electrons. The first-order valence-corrected chi connectivity index (χ1v) is 11.3. The van der Waals surface area contributed by atoms with Crippen molar-refractivity contribution in [3.8, 4) is 6.07 Å². The van der Waals surface area contributed by atoms with Crippen LogP contribution in [0.5, 0.6) is 0 Å². The van der Waals surface area contributed by atoms with E-state index >= 15 is 0 Å². The maximum atomic E-state index is 9.32. The van der Waals surface area contributed by atoms with Crippen LogP contribution in [0.1, 0.15) is 55.8 Å². The molecule has 2 heterocycles. The van der Waals surface area contributed by atoms with Crippen LogP contribution in [0, 0.1) is 24.2 Å². The minimum Gasteiger partial charge on any atom is -0.355 e. The summed E-state index contributed by atoms with van der Waals surface area (Å²) in [6, 6.07) is 10.8. The largest absolute Gasteiger partial charge is 0.355 e. The fraction of sp³-hybridized carbons (Fsp3) is 0.542. The molecule has 2 aromatic rings. The second-order valence-corrected chi connectivity index (χ2v) is 8.69. The normalized spacial score (nSPS) is 18.4. The molecule has 158 valence electrons. The fourth-order valence-corrected chi connectivity index (χ4v) is 3.93. The van der Waals surface area contributed by atoms with Gasteiger partial charge in [0.1, 0.15) is 5.82 Å². The monoisotopic (exact) mass is 404 g/mol. The summed E-state index contributed by atoms with van der Waals surface area (Å²) >= 11 is 0. The number of aryl methyl sites for hydroxylation is 2. The zero-order valence-corrected chi connectivity index (χ0v) is 18.1. The summed E-state index contributed by atoms with van der Waals surface area (Å²) in [6.07, 6.45) is 7.14. The van der Waals surface area contributed by atoms with E-state index in [2.05, 4.69) is 34.6 Å². The number of aromatic nitrogens is 2. The molecule has 6 nitrogen and oxygen atoms in total. The van der Waals surface area contributed by atoms with Crippen LogP contribution >= 0.6 is 0 Å². The molecule has 2 N–H and O–H groups in total. The van der Waals surface area contributed by atoms with Crippen molar-refractivity contribution in [2.24, 2.45) is 5.92 Å². The smallest absolute Gasteiger partial charge is 0.229 e. The van der Waals surface area contributed by atoms with Crippen molar-refractivity contribution < 1.29 is 0 Å². The Hall–Kier alpha value is -2.65. The zero-order valence-electron chi connectivity index (χ0n) is 18.1. The first kappa shape index (κ1) is 20.6. The molecule has 2 fully saturated rings. The van der Waals surface area contributed by atoms with E-state index in [1.54, 1.807) is 0 Å². The Kier molecular flexibility index (Phi) is 6.49. The predicted octanol–water partition coefficient (Wildman–Crippen LogP) is 4.32. The molecule has 1 aromatic heterocycles. The van der Waals surface area contributed by atoms with Crippen LogP contribution in [0.25, 0.3) is 0 Å². The van der Waals surface area contributed by atoms with Gasteiger partial charge in [0.25, 0.3) is 0 Å². The zero-order chi connectivity index (χ0) is 20.9. The number of rotatable bonds is 9. The van der Waals surface area contributed by atoms with Gasteiger partial charge in [0.05, 0.1) is 11.6 Å². The van der Waals surface area contributed by atoms with E-state index in [4.69, 9.17) is 9.97 Å². The highest BCUT2D eigenvalue weighted by Crippen LogP contribution is 2.29. The molecular weight excluding hydrogens is 372 g/mol. The van der Waals surface area contributed by atoms with E-state index in [0.717, 1.165) is 74.0 Å². The highest BCUT2D eigenvalue weighted by Gasteiger charge is 2.27. The fourth-order valence-electron chi connectivity index (χ4n) is 3.93. The molecule has 1 unspecified atom stereocenters. The highest BCUT2D eigenvalue weighted by atomic mass is 15.3. The topological polar surface area (TPSA) is 76.9 Å². The van der Waals surface area contributed by atoms with E-state index in [1.165, 1.54) is 12.8 Å². The van der Waals surface area contributed by atoms with Crippen LogP contribution in [0.15, 0.2) is 24.3 Å². The Morgan fingerprint density at radius 3 is 2.83 bits per heavy atom. The third-order valence-electron chi connectivity index (χ3n) is 6.07. The summed E-state index contributed by atoms with van der Waals surface area (Å²) in [4.78, 5) is 12.0. The van der Waals surface area contributed by atoms with E-state index < -0.39 is 0 Å². The van der Waals surface area contributed by atoms with Crippen LogP contribution in [0.3, 0.4) is 0 Å². The van der Waals surface area contributed by atoms with Gasteiger partial charge in [-0.15, -0.1) is 0 Å². The van der Waals surface area contributed by atoms with Crippen molar-refractivity contribution in [2.45, 2.75) is 58.4 Å². The maximum Gasteiger partial charge on any atom is 0.229 e. The van der Waals surface area contributed by atoms with E-state index in [9.17, 15) is 5.26 Å². The number of nitriles is 1. The molecule has 1 atom stereocenters. The van der Waals surface area contributed by atoms with Crippen molar-refractivity contribution in [2.75, 3.05) is 29.9 Å². The summed E-state index contributed by atoms with van der Waals surface area (Å²) in [6.45, 7) is 7.33. The summed E-state index contributed by atoms with van der Waals surface area (Å²) in [5.41, 5.74) is 3.57. The lowest BCUT2D eigenvalue weighted by Crippen LogP contribution is -2.34. The van der Waals surface area contributed by atoms with Gasteiger partial charge in [-0.3, -0.25) is 0 Å². The van der Waals surface area contributed by atoms with Crippen molar-refractivity contribution in [1.82, 2.24) is 15.3 Å². The Morgan fingerprint density at radius 1 is 1.20 bits per heavy atom. The molecule has 1 saturated carbocycles. The Balaban J connectivity index is 1.51. The number of benzene rings is 1. The minimum absolute atomic E-state index is 0.548. The molecule has 6 heteroatoms.